The number of hydrogen-bond acceptors (Lipinski definition) is 13. The van der Waals surface area contributed by atoms with Gasteiger partial charge in [-0.1, -0.05) is 82.1 Å². The highest BCUT2D eigenvalue weighted by atomic mass is 16.6. The van der Waals surface area contributed by atoms with Crippen molar-refractivity contribution < 1.29 is 63.3 Å². The average Bonchev–Trinajstić information content (AvgIpc) is 3.18. The van der Waals surface area contributed by atoms with E-state index in [-0.39, 0.29) is 42.1 Å². The molecule has 58 heavy (non-hydrogen) atoms. The number of esters is 3. The summed E-state index contributed by atoms with van der Waals surface area (Å²) in [6.45, 7) is 8.94. The third-order valence-electron chi connectivity index (χ3n) is 13.2. The molecule has 0 aromatic heterocycles. The predicted molar refractivity (Wildman–Crippen MR) is 207 cm³/mol. The van der Waals surface area contributed by atoms with E-state index in [0.717, 1.165) is 19.8 Å². The van der Waals surface area contributed by atoms with Gasteiger partial charge in [-0.2, -0.15) is 0 Å². The molecule has 14 heteroatoms. The predicted octanol–water partition coefficient (Wildman–Crippen LogP) is 3.43. The minimum Gasteiger partial charge on any atom is -0.456 e. The van der Waals surface area contributed by atoms with E-state index in [9.17, 15) is 44.4 Å². The van der Waals surface area contributed by atoms with Crippen LogP contribution in [0.4, 0.5) is 0 Å². The highest BCUT2D eigenvalue weighted by Gasteiger charge is 2.78. The Labute approximate surface area is 337 Å². The van der Waals surface area contributed by atoms with Gasteiger partial charge in [0.1, 0.15) is 30.0 Å². The molecule has 1 aliphatic heterocycles. The SMILES string of the molecule is CCCCCC(=O)NC(c1ccccc1)[C@@H](O)C(=O)O[C@H]1C[C@@]2(O)[C@@H](OC(=O)c3ccccc3)[C@@H]3[C@]4(OC(C)=O)CO[C@@H]4CC(O)[C@@]3(C)C(=O)[C@H](O)C(=C1C)C2(C)C. The van der Waals surface area contributed by atoms with Gasteiger partial charge in [0.15, 0.2) is 17.5 Å². The lowest BCUT2D eigenvalue weighted by atomic mass is 9.44. The number of rotatable bonds is 12. The fourth-order valence-electron chi connectivity index (χ4n) is 9.91. The van der Waals surface area contributed by atoms with Gasteiger partial charge >= 0.3 is 17.9 Å². The Balaban J connectivity index is 1.47. The molecule has 5 N–H and O–H groups in total. The molecule has 6 rings (SSSR count). The van der Waals surface area contributed by atoms with Crippen LogP contribution in [0.1, 0.15) is 102 Å². The number of unbranched alkanes of at least 4 members (excludes halogenated alkanes) is 2. The van der Waals surface area contributed by atoms with Gasteiger partial charge in [-0.3, -0.25) is 14.4 Å². The summed E-state index contributed by atoms with van der Waals surface area (Å²) >= 11 is 0. The Kier molecular flexibility index (Phi) is 12.1. The molecular formula is C44H55NO13. The summed E-state index contributed by atoms with van der Waals surface area (Å²) in [4.78, 5) is 69.0. The summed E-state index contributed by atoms with van der Waals surface area (Å²) in [5.74, 6) is -5.62. The molecule has 2 aromatic carbocycles. The Morgan fingerprint density at radius 3 is 2.19 bits per heavy atom. The molecule has 3 aliphatic carbocycles. The van der Waals surface area contributed by atoms with Crippen molar-refractivity contribution >= 4 is 29.6 Å². The number of ether oxygens (including phenoxy) is 4. The highest BCUT2D eigenvalue weighted by Crippen LogP contribution is 2.64. The number of aliphatic hydroxyl groups excluding tert-OH is 3. The van der Waals surface area contributed by atoms with Crippen LogP contribution >= 0.6 is 0 Å². The summed E-state index contributed by atoms with van der Waals surface area (Å²) in [5.41, 5.74) is -6.98. The van der Waals surface area contributed by atoms with Crippen molar-refractivity contribution in [3.8, 4) is 0 Å². The topological polar surface area (TPSA) is 215 Å². The Bertz CT molecular complexity index is 1930. The van der Waals surface area contributed by atoms with Crippen molar-refractivity contribution in [3.05, 3.63) is 82.9 Å². The Morgan fingerprint density at radius 1 is 0.966 bits per heavy atom. The zero-order valence-corrected chi connectivity index (χ0v) is 33.8. The number of nitrogens with one attached hydrogen (secondary N) is 1. The third-order valence-corrected chi connectivity index (χ3v) is 13.2. The number of carbonyl (C=O) groups excluding carboxylic acids is 5. The van der Waals surface area contributed by atoms with E-state index in [4.69, 9.17) is 18.9 Å². The quantitative estimate of drug-likeness (QED) is 0.0901. The summed E-state index contributed by atoms with van der Waals surface area (Å²) in [6.07, 6.45) is -7.83. The molecule has 11 atom stereocenters. The van der Waals surface area contributed by atoms with Gasteiger partial charge < -0.3 is 44.7 Å². The van der Waals surface area contributed by atoms with Crippen LogP contribution in [0.2, 0.25) is 0 Å². The Morgan fingerprint density at radius 2 is 1.60 bits per heavy atom. The number of fused-ring (bicyclic) bond motifs is 5. The molecule has 2 saturated carbocycles. The highest BCUT2D eigenvalue weighted by molar-refractivity contribution is 5.94. The number of hydrogen-bond donors (Lipinski definition) is 5. The van der Waals surface area contributed by atoms with Crippen LogP contribution in [0, 0.1) is 16.7 Å². The van der Waals surface area contributed by atoms with Gasteiger partial charge in [0.05, 0.1) is 35.6 Å². The first-order chi connectivity index (χ1) is 27.3. The number of ketones is 1. The maximum Gasteiger partial charge on any atom is 0.338 e. The van der Waals surface area contributed by atoms with Crippen LogP contribution in [-0.4, -0.2) is 104 Å². The maximum absolute atomic E-state index is 15.0. The standard InChI is InChI=1S/C44H55NO13/c1-7-8-11-20-31(48)45-33(26-16-12-9-13-17-26)35(50)40(53)56-28-22-44(54)38(57-39(52)27-18-14-10-15-19-27)36-42(6,37(51)34(49)32(24(28)2)41(44,4)5)29(47)21-30-43(36,23-55-30)58-25(3)46/h9-10,12-19,28-30,33-36,38,47,49-50,54H,7-8,11,20-23H2,1-6H3,(H,45,48)/t28-,29?,30+,33?,34+,35+,36-,38-,42+,43-,44+/m0/s1. The lowest BCUT2D eigenvalue weighted by Gasteiger charge is -2.67. The monoisotopic (exact) mass is 805 g/mol. The smallest absolute Gasteiger partial charge is 0.338 e. The lowest BCUT2D eigenvalue weighted by Crippen LogP contribution is -2.81. The van der Waals surface area contributed by atoms with E-state index in [2.05, 4.69) is 5.32 Å². The number of Topliss-reactive ketones (excluding diaryl/α,β-unsaturated/α-hetero) is 1. The first kappa shape index (κ1) is 43.1. The first-order valence-electron chi connectivity index (χ1n) is 20.0. The molecule has 3 fully saturated rings. The van der Waals surface area contributed by atoms with Crippen LogP contribution in [-0.2, 0) is 38.1 Å². The Hall–Kier alpha value is -4.47. The fraction of sp³-hybridized carbons (Fsp3) is 0.568. The van der Waals surface area contributed by atoms with Crippen LogP contribution in [0.3, 0.4) is 0 Å². The van der Waals surface area contributed by atoms with E-state index in [0.29, 0.717) is 12.0 Å². The van der Waals surface area contributed by atoms with Gasteiger partial charge in [0.25, 0.3) is 0 Å². The van der Waals surface area contributed by atoms with Crippen LogP contribution in [0.5, 0.6) is 0 Å². The van der Waals surface area contributed by atoms with E-state index in [1.807, 2.05) is 6.92 Å². The van der Waals surface area contributed by atoms with Crippen molar-refractivity contribution in [2.24, 2.45) is 16.7 Å². The summed E-state index contributed by atoms with van der Waals surface area (Å²) in [5, 5.41) is 51.8. The van der Waals surface area contributed by atoms with E-state index < -0.39 is 101 Å². The molecule has 2 unspecified atom stereocenters. The molecule has 0 spiro atoms. The minimum atomic E-state index is -2.33. The van der Waals surface area contributed by atoms with E-state index >= 15 is 0 Å². The van der Waals surface area contributed by atoms with Gasteiger partial charge in [-0.05, 0) is 49.1 Å². The normalized spacial score (nSPS) is 33.4. The van der Waals surface area contributed by atoms with Crippen molar-refractivity contribution in [3.63, 3.8) is 0 Å². The van der Waals surface area contributed by atoms with Crippen LogP contribution < -0.4 is 5.32 Å². The van der Waals surface area contributed by atoms with E-state index in [1.165, 1.54) is 26.0 Å². The van der Waals surface area contributed by atoms with Gasteiger partial charge in [0, 0.05) is 31.6 Å². The second-order valence-electron chi connectivity index (χ2n) is 17.0. The molecular weight excluding hydrogens is 750 g/mol. The zero-order valence-electron chi connectivity index (χ0n) is 33.8. The molecule has 1 saturated heterocycles. The number of amides is 1. The summed E-state index contributed by atoms with van der Waals surface area (Å²) in [7, 11) is 0. The molecule has 2 aromatic rings. The van der Waals surface area contributed by atoms with Gasteiger partial charge in [-0.25, -0.2) is 9.59 Å². The van der Waals surface area contributed by atoms with Gasteiger partial charge in [-0.15, -0.1) is 0 Å². The largest absolute Gasteiger partial charge is 0.456 e. The fourth-order valence-corrected chi connectivity index (χ4v) is 9.91. The minimum absolute atomic E-state index is 0.0384. The molecule has 2 bridgehead atoms. The summed E-state index contributed by atoms with van der Waals surface area (Å²) < 4.78 is 24.2. The molecule has 1 heterocycles. The molecule has 0 radical (unpaired) electrons. The second-order valence-corrected chi connectivity index (χ2v) is 17.0. The summed E-state index contributed by atoms with van der Waals surface area (Å²) in [6, 6.07) is 15.1. The van der Waals surface area contributed by atoms with Crippen molar-refractivity contribution in [2.75, 3.05) is 6.61 Å². The molecule has 1 amide bonds. The van der Waals surface area contributed by atoms with Crippen molar-refractivity contribution in [2.45, 2.75) is 134 Å². The molecule has 4 aliphatic rings. The van der Waals surface area contributed by atoms with Crippen molar-refractivity contribution in [1.82, 2.24) is 5.32 Å². The molecule has 314 valence electrons. The third kappa shape index (κ3) is 7.16. The number of carbonyl (C=O) groups is 5. The second kappa shape index (κ2) is 16.3. The first-order valence-corrected chi connectivity index (χ1v) is 20.0. The van der Waals surface area contributed by atoms with Crippen molar-refractivity contribution in [1.29, 1.82) is 0 Å². The van der Waals surface area contributed by atoms with Crippen LogP contribution in [0.15, 0.2) is 71.8 Å². The zero-order chi connectivity index (χ0) is 42.4. The van der Waals surface area contributed by atoms with E-state index in [1.54, 1.807) is 62.4 Å². The number of benzene rings is 2. The molecule has 14 nitrogen and oxygen atoms in total. The number of aliphatic hydroxyl groups is 4. The lowest BCUT2D eigenvalue weighted by molar-refractivity contribution is -0.346. The maximum atomic E-state index is 15.0. The average molecular weight is 806 g/mol. The van der Waals surface area contributed by atoms with Crippen LogP contribution in [0.25, 0.3) is 0 Å². The van der Waals surface area contributed by atoms with Gasteiger partial charge in [0.2, 0.25) is 5.91 Å².